The fourth-order valence-electron chi connectivity index (χ4n) is 2.73. The van der Waals surface area contributed by atoms with Crippen molar-refractivity contribution >= 4 is 0 Å². The van der Waals surface area contributed by atoms with E-state index < -0.39 is 5.54 Å². The molecule has 0 atom stereocenters. The van der Waals surface area contributed by atoms with Gasteiger partial charge >= 0.3 is 0 Å². The maximum atomic E-state index is 14.1. The monoisotopic (exact) mass is 277 g/mol. The van der Waals surface area contributed by atoms with Crippen LogP contribution in [-0.4, -0.2) is 0 Å². The molecule has 3 rings (SSSR count). The van der Waals surface area contributed by atoms with Crippen LogP contribution < -0.4 is 5.54 Å². The molecule has 3 aromatic rings. The summed E-state index contributed by atoms with van der Waals surface area (Å²) < 4.78 is 14.1. The van der Waals surface area contributed by atoms with E-state index in [0.29, 0.717) is 0 Å². The summed E-state index contributed by atoms with van der Waals surface area (Å²) in [5.41, 5.74) is 3.67. The largest absolute Gasteiger partial charge is 0.140 e. The molecular weight excluding hydrogens is 261 g/mol. The van der Waals surface area contributed by atoms with Crippen LogP contribution >= 0.6 is 0 Å². The highest BCUT2D eigenvalue weighted by atomic mass is 19.2. The summed E-state index contributed by atoms with van der Waals surface area (Å²) in [7, 11) is 0. The minimum Gasteiger partial charge on any atom is -0.140 e. The number of nitrogens with one attached hydrogen (secondary N) is 1. The van der Waals surface area contributed by atoms with Crippen LogP contribution in [-0.2, 0) is 5.54 Å². The fourth-order valence-corrected chi connectivity index (χ4v) is 2.73. The average Bonchev–Trinajstić information content (AvgIpc) is 2.59. The second-order valence-corrected chi connectivity index (χ2v) is 4.94. The molecule has 0 fully saturated rings. The molecule has 0 spiro atoms. The maximum absolute atomic E-state index is 14.1. The molecular formula is C19H16FN. The first-order chi connectivity index (χ1) is 10.4. The van der Waals surface area contributed by atoms with Crippen molar-refractivity contribution < 1.29 is 4.48 Å². The first kappa shape index (κ1) is 13.5. The van der Waals surface area contributed by atoms with Crippen LogP contribution in [0.25, 0.3) is 0 Å². The lowest BCUT2D eigenvalue weighted by Crippen LogP contribution is -2.40. The number of hydrogen-bond acceptors (Lipinski definition) is 1. The smallest absolute Gasteiger partial charge is 0.123 e. The Bertz CT molecular complexity index is 584. The molecule has 0 saturated heterocycles. The quantitative estimate of drug-likeness (QED) is 0.548. The van der Waals surface area contributed by atoms with Crippen molar-refractivity contribution in [1.29, 1.82) is 0 Å². The Morgan fingerprint density at radius 1 is 0.524 bits per heavy atom. The zero-order chi connectivity index (χ0) is 14.5. The molecule has 0 aliphatic carbocycles. The zero-order valence-electron chi connectivity index (χ0n) is 11.5. The van der Waals surface area contributed by atoms with E-state index in [2.05, 4.69) is 5.54 Å². The van der Waals surface area contributed by atoms with Gasteiger partial charge in [-0.1, -0.05) is 91.0 Å². The molecule has 21 heavy (non-hydrogen) atoms. The molecule has 1 nitrogen and oxygen atoms in total. The predicted octanol–water partition coefficient (Wildman–Crippen LogP) is 4.45. The van der Waals surface area contributed by atoms with Gasteiger partial charge in [0.15, 0.2) is 0 Å². The molecule has 0 amide bonds. The van der Waals surface area contributed by atoms with Crippen molar-refractivity contribution in [2.45, 2.75) is 5.54 Å². The lowest BCUT2D eigenvalue weighted by atomic mass is 9.78. The van der Waals surface area contributed by atoms with Gasteiger partial charge in [0.1, 0.15) is 5.54 Å². The summed E-state index contributed by atoms with van der Waals surface area (Å²) >= 11 is 0. The van der Waals surface area contributed by atoms with Gasteiger partial charge in [0.2, 0.25) is 0 Å². The molecule has 3 aromatic carbocycles. The number of halogens is 1. The van der Waals surface area contributed by atoms with Crippen molar-refractivity contribution in [2.24, 2.45) is 0 Å². The average molecular weight is 277 g/mol. The first-order valence-electron chi connectivity index (χ1n) is 6.92. The van der Waals surface area contributed by atoms with Gasteiger partial charge in [-0.3, -0.25) is 0 Å². The van der Waals surface area contributed by atoms with E-state index in [9.17, 15) is 4.48 Å². The third-order valence-corrected chi connectivity index (χ3v) is 3.76. The predicted molar refractivity (Wildman–Crippen MR) is 83.5 cm³/mol. The standard InChI is InChI=1S/C19H16FN/c20-21-19(16-10-4-1-5-11-16,17-12-6-2-7-13-17)18-14-8-3-9-15-18/h1-15,21H. The van der Waals surface area contributed by atoms with Gasteiger partial charge in [-0.15, -0.1) is 10.0 Å². The van der Waals surface area contributed by atoms with Gasteiger partial charge in [0.25, 0.3) is 0 Å². The molecule has 0 saturated carbocycles. The molecule has 0 aliphatic heterocycles. The second-order valence-electron chi connectivity index (χ2n) is 4.94. The van der Waals surface area contributed by atoms with Crippen LogP contribution in [0.15, 0.2) is 91.0 Å². The molecule has 0 aliphatic rings. The minimum absolute atomic E-state index is 0.866. The van der Waals surface area contributed by atoms with Gasteiger partial charge in [-0.2, -0.15) is 0 Å². The van der Waals surface area contributed by atoms with Crippen LogP contribution in [0.5, 0.6) is 0 Å². The minimum atomic E-state index is -0.996. The third kappa shape index (κ3) is 2.34. The summed E-state index contributed by atoms with van der Waals surface area (Å²) in [5, 5.41) is 0. The third-order valence-electron chi connectivity index (χ3n) is 3.76. The molecule has 0 bridgehead atoms. The van der Waals surface area contributed by atoms with Gasteiger partial charge in [0.05, 0.1) is 0 Å². The van der Waals surface area contributed by atoms with E-state index in [1.54, 1.807) is 0 Å². The van der Waals surface area contributed by atoms with Gasteiger partial charge < -0.3 is 0 Å². The fraction of sp³-hybridized carbons (Fsp3) is 0.0526. The highest BCUT2D eigenvalue weighted by Gasteiger charge is 2.36. The van der Waals surface area contributed by atoms with E-state index >= 15 is 0 Å². The number of rotatable bonds is 4. The normalized spacial score (nSPS) is 11.3. The first-order valence-corrected chi connectivity index (χ1v) is 6.92. The Morgan fingerprint density at radius 3 is 1.05 bits per heavy atom. The molecule has 1 N–H and O–H groups in total. The van der Waals surface area contributed by atoms with Crippen LogP contribution in [0.1, 0.15) is 16.7 Å². The second kappa shape index (κ2) is 5.90. The Balaban J connectivity index is 2.29. The lowest BCUT2D eigenvalue weighted by molar-refractivity contribution is 0.238. The zero-order valence-corrected chi connectivity index (χ0v) is 11.5. The van der Waals surface area contributed by atoms with E-state index in [-0.39, 0.29) is 0 Å². The number of benzene rings is 3. The molecule has 0 heterocycles. The van der Waals surface area contributed by atoms with Crippen molar-refractivity contribution in [3.63, 3.8) is 0 Å². The maximum Gasteiger partial charge on any atom is 0.123 e. The number of hydrogen-bond donors (Lipinski definition) is 1. The van der Waals surface area contributed by atoms with Crippen molar-refractivity contribution in [3.8, 4) is 0 Å². The molecule has 0 unspecified atom stereocenters. The van der Waals surface area contributed by atoms with E-state index in [4.69, 9.17) is 0 Å². The van der Waals surface area contributed by atoms with Crippen molar-refractivity contribution in [2.75, 3.05) is 0 Å². The summed E-state index contributed by atoms with van der Waals surface area (Å²) in [6.45, 7) is 0. The highest BCUT2D eigenvalue weighted by molar-refractivity contribution is 5.48. The topological polar surface area (TPSA) is 12.0 Å². The van der Waals surface area contributed by atoms with Crippen molar-refractivity contribution in [3.05, 3.63) is 108 Å². The summed E-state index contributed by atoms with van der Waals surface area (Å²) in [4.78, 5) is 0. The molecule has 104 valence electrons. The molecule has 2 heteroatoms. The molecule has 0 radical (unpaired) electrons. The van der Waals surface area contributed by atoms with Crippen LogP contribution in [0.3, 0.4) is 0 Å². The summed E-state index contributed by atoms with van der Waals surface area (Å²) in [6.07, 6.45) is 0. The Morgan fingerprint density at radius 2 is 0.810 bits per heavy atom. The highest BCUT2D eigenvalue weighted by Crippen LogP contribution is 2.36. The summed E-state index contributed by atoms with van der Waals surface area (Å²) in [5.74, 6) is 0. The van der Waals surface area contributed by atoms with Gasteiger partial charge in [0, 0.05) is 0 Å². The van der Waals surface area contributed by atoms with Gasteiger partial charge in [-0.25, -0.2) is 0 Å². The van der Waals surface area contributed by atoms with Gasteiger partial charge in [-0.05, 0) is 16.7 Å². The lowest BCUT2D eigenvalue weighted by Gasteiger charge is -2.33. The van der Waals surface area contributed by atoms with Crippen LogP contribution in [0.2, 0.25) is 0 Å². The SMILES string of the molecule is FNC(c1ccccc1)(c1ccccc1)c1ccccc1. The van der Waals surface area contributed by atoms with E-state index in [1.807, 2.05) is 91.0 Å². The van der Waals surface area contributed by atoms with Crippen LogP contribution in [0, 0.1) is 0 Å². The summed E-state index contributed by atoms with van der Waals surface area (Å²) in [6, 6.07) is 29.0. The van der Waals surface area contributed by atoms with Crippen molar-refractivity contribution in [1.82, 2.24) is 5.54 Å². The Hall–Kier alpha value is -2.45. The van der Waals surface area contributed by atoms with E-state index in [1.165, 1.54) is 0 Å². The van der Waals surface area contributed by atoms with E-state index in [0.717, 1.165) is 16.7 Å². The Labute approximate surface area is 124 Å². The Kier molecular flexibility index (Phi) is 3.80. The van der Waals surface area contributed by atoms with Crippen LogP contribution in [0.4, 0.5) is 4.48 Å². The molecule has 0 aromatic heterocycles.